The van der Waals surface area contributed by atoms with E-state index in [4.69, 9.17) is 4.42 Å². The van der Waals surface area contributed by atoms with Crippen molar-refractivity contribution in [2.24, 2.45) is 0 Å². The molecule has 1 aromatic rings. The van der Waals surface area contributed by atoms with Crippen molar-refractivity contribution in [2.75, 3.05) is 7.05 Å². The van der Waals surface area contributed by atoms with E-state index in [0.717, 1.165) is 6.42 Å². The van der Waals surface area contributed by atoms with Crippen LogP contribution in [0.1, 0.15) is 62.8 Å². The summed E-state index contributed by atoms with van der Waals surface area (Å²) < 4.78 is 32.2. The summed E-state index contributed by atoms with van der Waals surface area (Å²) in [5.74, 6) is -2.05. The SMILES string of the molecule is CCC(NC)c1nnc(C2CCCC(F)(F)C2)o1. The maximum Gasteiger partial charge on any atom is 0.248 e. The Kier molecular flexibility index (Phi) is 3.94. The first kappa shape index (κ1) is 13.4. The number of nitrogens with zero attached hydrogens (tertiary/aromatic N) is 2. The molecule has 0 amide bonds. The van der Waals surface area contributed by atoms with E-state index in [1.54, 1.807) is 0 Å². The number of halogens is 2. The number of hydrogen-bond donors (Lipinski definition) is 1. The zero-order chi connectivity index (χ0) is 13.2. The Morgan fingerprint density at radius 3 is 2.89 bits per heavy atom. The molecule has 1 aromatic heterocycles. The van der Waals surface area contributed by atoms with Gasteiger partial charge in [0, 0.05) is 18.8 Å². The van der Waals surface area contributed by atoms with Gasteiger partial charge in [0.2, 0.25) is 17.7 Å². The molecule has 1 N–H and O–H groups in total. The fraction of sp³-hybridized carbons (Fsp3) is 0.833. The van der Waals surface area contributed by atoms with Crippen LogP contribution in [-0.4, -0.2) is 23.2 Å². The summed E-state index contributed by atoms with van der Waals surface area (Å²) in [5.41, 5.74) is 0. The highest BCUT2D eigenvalue weighted by Crippen LogP contribution is 2.41. The second-order valence-corrected chi connectivity index (χ2v) is 4.88. The smallest absolute Gasteiger partial charge is 0.248 e. The van der Waals surface area contributed by atoms with Crippen molar-refractivity contribution >= 4 is 0 Å². The maximum absolute atomic E-state index is 13.3. The number of nitrogens with one attached hydrogen (secondary N) is 1. The van der Waals surface area contributed by atoms with Crippen LogP contribution in [0.4, 0.5) is 8.78 Å². The van der Waals surface area contributed by atoms with Gasteiger partial charge >= 0.3 is 0 Å². The molecule has 0 saturated heterocycles. The molecule has 2 unspecified atom stereocenters. The maximum atomic E-state index is 13.3. The molecule has 4 nitrogen and oxygen atoms in total. The average Bonchev–Trinajstić information content (AvgIpc) is 2.79. The van der Waals surface area contributed by atoms with Crippen LogP contribution >= 0.6 is 0 Å². The second-order valence-electron chi connectivity index (χ2n) is 4.88. The molecular formula is C12H19F2N3O. The average molecular weight is 259 g/mol. The molecular weight excluding hydrogens is 240 g/mol. The molecule has 1 heterocycles. The van der Waals surface area contributed by atoms with E-state index in [1.165, 1.54) is 0 Å². The van der Waals surface area contributed by atoms with Crippen LogP contribution in [-0.2, 0) is 0 Å². The molecule has 0 radical (unpaired) electrons. The zero-order valence-electron chi connectivity index (χ0n) is 10.7. The monoisotopic (exact) mass is 259 g/mol. The summed E-state index contributed by atoms with van der Waals surface area (Å²) in [4.78, 5) is 0. The first-order valence-corrected chi connectivity index (χ1v) is 6.44. The van der Waals surface area contributed by atoms with Gasteiger partial charge in [0.05, 0.1) is 6.04 Å². The van der Waals surface area contributed by atoms with Crippen molar-refractivity contribution in [1.29, 1.82) is 0 Å². The van der Waals surface area contributed by atoms with Crippen molar-refractivity contribution in [1.82, 2.24) is 15.5 Å². The lowest BCUT2D eigenvalue weighted by molar-refractivity contribution is -0.0436. The third-order valence-corrected chi connectivity index (χ3v) is 3.50. The third-order valence-electron chi connectivity index (χ3n) is 3.50. The fourth-order valence-corrected chi connectivity index (χ4v) is 2.44. The van der Waals surface area contributed by atoms with Crippen LogP contribution < -0.4 is 5.32 Å². The summed E-state index contributed by atoms with van der Waals surface area (Å²) in [6, 6.07) is -0.00430. The molecule has 0 aliphatic heterocycles. The summed E-state index contributed by atoms with van der Waals surface area (Å²) >= 11 is 0. The van der Waals surface area contributed by atoms with Crippen LogP contribution in [0.25, 0.3) is 0 Å². The highest BCUT2D eigenvalue weighted by atomic mass is 19.3. The normalized spacial score (nSPS) is 25.0. The van der Waals surface area contributed by atoms with E-state index in [-0.39, 0.29) is 24.8 Å². The number of hydrogen-bond acceptors (Lipinski definition) is 4. The molecule has 1 aliphatic rings. The molecule has 102 valence electrons. The van der Waals surface area contributed by atoms with Gasteiger partial charge in [-0.3, -0.25) is 0 Å². The van der Waals surface area contributed by atoms with Crippen LogP contribution in [0.15, 0.2) is 4.42 Å². The summed E-state index contributed by atoms with van der Waals surface area (Å²) in [6.45, 7) is 2.00. The van der Waals surface area contributed by atoms with Gasteiger partial charge in [0.25, 0.3) is 0 Å². The number of rotatable bonds is 4. The predicted molar refractivity (Wildman–Crippen MR) is 62.5 cm³/mol. The van der Waals surface area contributed by atoms with Gasteiger partial charge in [-0.05, 0) is 26.3 Å². The zero-order valence-corrected chi connectivity index (χ0v) is 10.7. The van der Waals surface area contributed by atoms with E-state index in [2.05, 4.69) is 15.5 Å². The molecule has 0 spiro atoms. The van der Waals surface area contributed by atoms with Gasteiger partial charge in [-0.1, -0.05) is 6.92 Å². The Balaban J connectivity index is 2.10. The minimum Gasteiger partial charge on any atom is -0.423 e. The molecule has 0 bridgehead atoms. The summed E-state index contributed by atoms with van der Waals surface area (Å²) in [7, 11) is 1.81. The number of alkyl halides is 2. The van der Waals surface area contributed by atoms with Crippen molar-refractivity contribution < 1.29 is 13.2 Å². The first-order chi connectivity index (χ1) is 8.55. The van der Waals surface area contributed by atoms with Gasteiger partial charge in [-0.25, -0.2) is 8.78 Å². The molecule has 6 heteroatoms. The van der Waals surface area contributed by atoms with Crippen molar-refractivity contribution in [2.45, 2.75) is 56.9 Å². The minimum absolute atomic E-state index is 0.00430. The van der Waals surface area contributed by atoms with E-state index in [1.807, 2.05) is 14.0 Å². The van der Waals surface area contributed by atoms with Crippen LogP contribution in [0, 0.1) is 0 Å². The van der Waals surface area contributed by atoms with Gasteiger partial charge in [-0.2, -0.15) is 0 Å². The van der Waals surface area contributed by atoms with Crippen molar-refractivity contribution in [3.63, 3.8) is 0 Å². The predicted octanol–water partition coefficient (Wildman–Crippen LogP) is 3.03. The van der Waals surface area contributed by atoms with Crippen LogP contribution in [0.2, 0.25) is 0 Å². The fourth-order valence-electron chi connectivity index (χ4n) is 2.44. The van der Waals surface area contributed by atoms with E-state index in [0.29, 0.717) is 24.6 Å². The minimum atomic E-state index is -2.59. The first-order valence-electron chi connectivity index (χ1n) is 6.44. The molecule has 1 aliphatic carbocycles. The van der Waals surface area contributed by atoms with Crippen LogP contribution in [0.5, 0.6) is 0 Å². The highest BCUT2D eigenvalue weighted by molar-refractivity contribution is 4.98. The lowest BCUT2D eigenvalue weighted by Gasteiger charge is -2.26. The Bertz CT molecular complexity index is 390. The molecule has 18 heavy (non-hydrogen) atoms. The van der Waals surface area contributed by atoms with Crippen molar-refractivity contribution in [3.05, 3.63) is 11.8 Å². The van der Waals surface area contributed by atoms with E-state index >= 15 is 0 Å². The largest absolute Gasteiger partial charge is 0.423 e. The van der Waals surface area contributed by atoms with Gasteiger partial charge in [0.1, 0.15) is 0 Å². The van der Waals surface area contributed by atoms with Gasteiger partial charge in [-0.15, -0.1) is 10.2 Å². The third kappa shape index (κ3) is 2.85. The topological polar surface area (TPSA) is 51.0 Å². The van der Waals surface area contributed by atoms with E-state index in [9.17, 15) is 8.78 Å². The molecule has 0 aromatic carbocycles. The Morgan fingerprint density at radius 2 is 2.28 bits per heavy atom. The van der Waals surface area contributed by atoms with E-state index < -0.39 is 5.92 Å². The Labute approximate surface area is 105 Å². The highest BCUT2D eigenvalue weighted by Gasteiger charge is 2.39. The Hall–Kier alpha value is -1.04. The quantitative estimate of drug-likeness (QED) is 0.903. The lowest BCUT2D eigenvalue weighted by Crippen LogP contribution is -2.25. The molecule has 2 atom stereocenters. The van der Waals surface area contributed by atoms with Crippen LogP contribution in [0.3, 0.4) is 0 Å². The van der Waals surface area contributed by atoms with Crippen molar-refractivity contribution in [3.8, 4) is 0 Å². The second kappa shape index (κ2) is 5.30. The summed E-state index contributed by atoms with van der Waals surface area (Å²) in [6.07, 6.45) is 1.83. The van der Waals surface area contributed by atoms with Gasteiger partial charge < -0.3 is 9.73 Å². The standard InChI is InChI=1S/C12H19F2N3O/c1-3-9(15-2)11-17-16-10(18-11)8-5-4-6-12(13,14)7-8/h8-9,15H,3-7H2,1-2H3. The summed E-state index contributed by atoms with van der Waals surface area (Å²) in [5, 5.41) is 10.9. The molecule has 1 saturated carbocycles. The lowest BCUT2D eigenvalue weighted by atomic mass is 9.86. The Morgan fingerprint density at radius 1 is 1.50 bits per heavy atom. The molecule has 2 rings (SSSR count). The van der Waals surface area contributed by atoms with Gasteiger partial charge in [0.15, 0.2) is 0 Å². The number of aromatic nitrogens is 2. The molecule has 1 fully saturated rings.